The fourth-order valence-corrected chi connectivity index (χ4v) is 5.07. The molecule has 3 aromatic carbocycles. The second-order valence-electron chi connectivity index (χ2n) is 8.61. The number of nitrogen functional groups attached to an aromatic ring is 1. The second-order valence-corrected chi connectivity index (χ2v) is 8.97. The molecule has 2 N–H and O–H groups in total. The molecule has 2 aromatic heterocycles. The minimum atomic E-state index is -0.533. The van der Waals surface area contributed by atoms with Gasteiger partial charge in [-0.05, 0) is 49.0 Å². The van der Waals surface area contributed by atoms with E-state index in [-0.39, 0.29) is 16.3 Å². The molecule has 1 unspecified atom stereocenters. The number of fused-ring (bicyclic) bond motifs is 2. The summed E-state index contributed by atoms with van der Waals surface area (Å²) in [5.41, 5.74) is 11.0. The van der Waals surface area contributed by atoms with Crippen molar-refractivity contribution in [3.8, 4) is 23.1 Å². The van der Waals surface area contributed by atoms with Gasteiger partial charge in [-0.15, -0.1) is 0 Å². The van der Waals surface area contributed by atoms with Gasteiger partial charge in [-0.1, -0.05) is 48.5 Å². The first-order valence-corrected chi connectivity index (χ1v) is 11.9. The third kappa shape index (κ3) is 3.66. The van der Waals surface area contributed by atoms with Gasteiger partial charge in [0.15, 0.2) is 0 Å². The van der Waals surface area contributed by atoms with Gasteiger partial charge < -0.3 is 10.5 Å². The van der Waals surface area contributed by atoms with Crippen LogP contribution in [0.2, 0.25) is 0 Å². The van der Waals surface area contributed by atoms with Crippen molar-refractivity contribution in [3.05, 3.63) is 122 Å². The number of nitrogens with two attached hydrogens (primary N) is 1. The molecule has 0 aliphatic carbocycles. The van der Waals surface area contributed by atoms with Crippen LogP contribution in [0, 0.1) is 21.8 Å². The van der Waals surface area contributed by atoms with Crippen LogP contribution in [0.15, 0.2) is 84.9 Å². The Hall–Kier alpha value is -4.83. The maximum Gasteiger partial charge on any atom is 0.269 e. The molecular formula is C27H20N6O3S. The lowest BCUT2D eigenvalue weighted by Gasteiger charge is -2.29. The van der Waals surface area contributed by atoms with Gasteiger partial charge in [0.1, 0.15) is 5.82 Å². The normalized spacial score (nSPS) is 13.9. The number of nitrogens with zero attached hydrogens (tertiary/aromatic N) is 5. The number of non-ortho nitro benzene ring substituents is 1. The number of rotatable bonds is 4. The average Bonchev–Trinajstić information content (AvgIpc) is 3.24. The third-order valence-corrected chi connectivity index (χ3v) is 6.67. The zero-order chi connectivity index (χ0) is 25.7. The predicted molar refractivity (Wildman–Crippen MR) is 141 cm³/mol. The average molecular weight is 509 g/mol. The van der Waals surface area contributed by atoms with Gasteiger partial charge in [-0.3, -0.25) is 14.7 Å². The fourth-order valence-electron chi connectivity index (χ4n) is 4.79. The Labute approximate surface area is 216 Å². The Kier molecular flexibility index (Phi) is 5.31. The maximum atomic E-state index is 11.6. The molecule has 1 aliphatic rings. The van der Waals surface area contributed by atoms with Gasteiger partial charge in [0.05, 0.1) is 33.3 Å². The molecule has 182 valence electrons. The highest BCUT2D eigenvalue weighted by molar-refractivity contribution is 7.71. The van der Waals surface area contributed by atoms with E-state index in [0.29, 0.717) is 28.5 Å². The Bertz CT molecular complexity index is 1730. The summed E-state index contributed by atoms with van der Waals surface area (Å²) in [5, 5.41) is 16.4. The first-order chi connectivity index (χ1) is 17.9. The van der Waals surface area contributed by atoms with Gasteiger partial charge >= 0.3 is 0 Å². The smallest absolute Gasteiger partial charge is 0.269 e. The molecule has 9 nitrogen and oxygen atoms in total. The van der Waals surface area contributed by atoms with Crippen molar-refractivity contribution in [2.45, 2.75) is 12.8 Å². The number of aromatic nitrogens is 4. The molecule has 3 heterocycles. The standard InChI is InChI=1S/C27H20N6O3S/c1-16-21-22(17-9-8-14-20(15-17)33(34)35)23-24(28)31(18-10-4-2-5-11-18)27(37)29-25(23)36-26(21)32(30-16)19-12-6-3-7-13-19/h2-15,22H,28H2,1H3. The van der Waals surface area contributed by atoms with Crippen molar-refractivity contribution < 1.29 is 9.66 Å². The summed E-state index contributed by atoms with van der Waals surface area (Å²) in [6.45, 7) is 1.88. The monoisotopic (exact) mass is 508 g/mol. The van der Waals surface area contributed by atoms with Gasteiger partial charge in [0, 0.05) is 17.8 Å². The highest BCUT2D eigenvalue weighted by atomic mass is 32.1. The minimum absolute atomic E-state index is 0.0254. The predicted octanol–water partition coefficient (Wildman–Crippen LogP) is 5.87. The molecule has 0 bridgehead atoms. The van der Waals surface area contributed by atoms with Crippen molar-refractivity contribution in [3.63, 3.8) is 0 Å². The van der Waals surface area contributed by atoms with Gasteiger partial charge in [0.25, 0.3) is 5.69 Å². The number of hydrogen-bond donors (Lipinski definition) is 1. The summed E-state index contributed by atoms with van der Waals surface area (Å²) in [4.78, 5) is 15.9. The van der Waals surface area contributed by atoms with E-state index >= 15 is 0 Å². The zero-order valence-corrected chi connectivity index (χ0v) is 20.4. The van der Waals surface area contributed by atoms with E-state index in [1.165, 1.54) is 6.07 Å². The van der Waals surface area contributed by atoms with Crippen LogP contribution in [0.4, 0.5) is 11.5 Å². The molecule has 0 amide bonds. The van der Waals surface area contributed by atoms with E-state index in [1.807, 2.05) is 73.7 Å². The molecule has 1 atom stereocenters. The molecule has 6 rings (SSSR count). The summed E-state index contributed by atoms with van der Waals surface area (Å²) in [5.74, 6) is 0.520. The first kappa shape index (κ1) is 22.6. The summed E-state index contributed by atoms with van der Waals surface area (Å²) >= 11 is 5.63. The number of nitro benzene ring substituents is 1. The SMILES string of the molecule is Cc1nn(-c2ccccc2)c2c1C(c1cccc([N+](=O)[O-])c1)c1c(nc(=S)n(-c3ccccc3)c1N)O2. The van der Waals surface area contributed by atoms with Crippen molar-refractivity contribution in [1.29, 1.82) is 0 Å². The Balaban J connectivity index is 1.67. The van der Waals surface area contributed by atoms with Crippen LogP contribution in [-0.4, -0.2) is 24.3 Å². The van der Waals surface area contributed by atoms with Crippen LogP contribution in [0.1, 0.15) is 28.3 Å². The number of nitro groups is 1. The molecule has 0 saturated heterocycles. The van der Waals surface area contributed by atoms with Crippen molar-refractivity contribution in [2.24, 2.45) is 0 Å². The largest absolute Gasteiger partial charge is 0.420 e. The molecule has 10 heteroatoms. The Morgan fingerprint density at radius 1 is 0.973 bits per heavy atom. The Morgan fingerprint density at radius 2 is 1.65 bits per heavy atom. The molecule has 0 fully saturated rings. The highest BCUT2D eigenvalue weighted by Gasteiger charge is 2.38. The second kappa shape index (κ2) is 8.68. The summed E-state index contributed by atoms with van der Waals surface area (Å²) < 4.78 is 9.98. The lowest BCUT2D eigenvalue weighted by molar-refractivity contribution is -0.384. The van der Waals surface area contributed by atoms with Gasteiger partial charge in [0.2, 0.25) is 16.5 Å². The number of para-hydroxylation sites is 2. The van der Waals surface area contributed by atoms with E-state index in [1.54, 1.807) is 21.4 Å². The number of ether oxygens (including phenoxy) is 1. The number of hydrogen-bond acceptors (Lipinski definition) is 7. The lowest BCUT2D eigenvalue weighted by Crippen LogP contribution is -2.20. The number of aryl methyl sites for hydroxylation is 1. The first-order valence-electron chi connectivity index (χ1n) is 11.5. The molecule has 37 heavy (non-hydrogen) atoms. The van der Waals surface area contributed by atoms with Crippen molar-refractivity contribution in [1.82, 2.24) is 19.3 Å². The maximum absolute atomic E-state index is 11.6. The van der Waals surface area contributed by atoms with Gasteiger partial charge in [-0.2, -0.15) is 10.1 Å². The van der Waals surface area contributed by atoms with E-state index in [4.69, 9.17) is 27.8 Å². The molecular weight excluding hydrogens is 488 g/mol. The van der Waals surface area contributed by atoms with E-state index in [9.17, 15) is 10.1 Å². The molecule has 0 saturated carbocycles. The molecule has 1 aliphatic heterocycles. The van der Waals surface area contributed by atoms with Crippen LogP contribution in [0.25, 0.3) is 11.4 Å². The van der Waals surface area contributed by atoms with Crippen LogP contribution in [0.3, 0.4) is 0 Å². The summed E-state index contributed by atoms with van der Waals surface area (Å²) in [7, 11) is 0. The van der Waals surface area contributed by atoms with E-state index in [0.717, 1.165) is 16.9 Å². The molecule has 5 aromatic rings. The topological polar surface area (TPSA) is 114 Å². The van der Waals surface area contributed by atoms with Crippen LogP contribution < -0.4 is 10.5 Å². The summed E-state index contributed by atoms with van der Waals surface area (Å²) in [6.07, 6.45) is 0. The highest BCUT2D eigenvalue weighted by Crippen LogP contribution is 2.51. The lowest BCUT2D eigenvalue weighted by atomic mass is 9.84. The van der Waals surface area contributed by atoms with Crippen LogP contribution in [0.5, 0.6) is 11.8 Å². The Morgan fingerprint density at radius 3 is 2.32 bits per heavy atom. The van der Waals surface area contributed by atoms with Gasteiger partial charge in [-0.25, -0.2) is 4.68 Å². The molecule has 0 radical (unpaired) electrons. The summed E-state index contributed by atoms with van der Waals surface area (Å²) in [6, 6.07) is 25.5. The van der Waals surface area contributed by atoms with E-state index in [2.05, 4.69) is 4.98 Å². The van der Waals surface area contributed by atoms with E-state index < -0.39 is 10.8 Å². The van der Waals surface area contributed by atoms with Crippen molar-refractivity contribution >= 4 is 23.7 Å². The fraction of sp³-hybridized carbons (Fsp3) is 0.0741. The third-order valence-electron chi connectivity index (χ3n) is 6.40. The zero-order valence-electron chi connectivity index (χ0n) is 19.6. The molecule has 0 spiro atoms. The van der Waals surface area contributed by atoms with Crippen LogP contribution >= 0.6 is 12.2 Å². The number of benzene rings is 3. The van der Waals surface area contributed by atoms with Crippen LogP contribution in [-0.2, 0) is 0 Å². The number of anilines is 1. The van der Waals surface area contributed by atoms with Crippen molar-refractivity contribution in [2.75, 3.05) is 5.73 Å². The quantitative estimate of drug-likeness (QED) is 0.180. The minimum Gasteiger partial charge on any atom is -0.420 e.